The van der Waals surface area contributed by atoms with Gasteiger partial charge >= 0.3 is 0 Å². The van der Waals surface area contributed by atoms with Gasteiger partial charge in [0.25, 0.3) is 0 Å². The lowest BCUT2D eigenvalue weighted by Crippen LogP contribution is -2.28. The molecule has 1 aromatic rings. The molecule has 1 atom stereocenters. The van der Waals surface area contributed by atoms with Crippen LogP contribution < -0.4 is 11.6 Å². The lowest BCUT2D eigenvalue weighted by molar-refractivity contribution is 0.108. The molecule has 7 heteroatoms. The zero-order valence-corrected chi connectivity index (χ0v) is 19.0. The molecule has 1 heterocycles. The maximum atomic E-state index is 12.9. The molecule has 1 fully saturated rings. The van der Waals surface area contributed by atoms with Crippen LogP contribution in [-0.2, 0) is 6.42 Å². The normalized spacial score (nSPS) is 17.8. The molecule has 0 aromatic carbocycles. The fourth-order valence-corrected chi connectivity index (χ4v) is 4.06. The Hall–Kier alpha value is -2.28. The van der Waals surface area contributed by atoms with Gasteiger partial charge in [0.1, 0.15) is 0 Å². The van der Waals surface area contributed by atoms with Crippen LogP contribution in [0.4, 0.5) is 8.78 Å². The van der Waals surface area contributed by atoms with Crippen LogP contribution in [0.25, 0.3) is 5.70 Å². The summed E-state index contributed by atoms with van der Waals surface area (Å²) in [6.07, 6.45) is 11.2. The van der Waals surface area contributed by atoms with Crippen LogP contribution in [0, 0.1) is 11.8 Å². The number of aromatic nitrogens is 1. The number of pyridine rings is 1. The van der Waals surface area contributed by atoms with E-state index in [4.69, 9.17) is 11.6 Å². The van der Waals surface area contributed by atoms with Gasteiger partial charge in [-0.15, -0.1) is 0 Å². The summed E-state index contributed by atoms with van der Waals surface area (Å²) in [7, 11) is 1.72. The number of hydrazine groups is 1. The predicted molar refractivity (Wildman–Crippen MR) is 124 cm³/mol. The van der Waals surface area contributed by atoms with Crippen molar-refractivity contribution < 1.29 is 8.78 Å². The van der Waals surface area contributed by atoms with E-state index in [-0.39, 0.29) is 0 Å². The van der Waals surface area contributed by atoms with Crippen molar-refractivity contribution in [3.63, 3.8) is 0 Å². The maximum Gasteiger partial charge on any atom is 0.244 e. The molecular formula is C24H37F2N5. The molecule has 0 saturated heterocycles. The average molecular weight is 434 g/mol. The number of alkyl halides is 2. The highest BCUT2D eigenvalue weighted by Crippen LogP contribution is 2.27. The van der Waals surface area contributed by atoms with Crippen LogP contribution in [0.2, 0.25) is 0 Å². The van der Waals surface area contributed by atoms with Gasteiger partial charge in [-0.3, -0.25) is 9.98 Å². The second-order valence-corrected chi connectivity index (χ2v) is 8.47. The molecule has 0 bridgehead atoms. The zero-order valence-electron chi connectivity index (χ0n) is 19.0. The van der Waals surface area contributed by atoms with Gasteiger partial charge in [-0.1, -0.05) is 51.2 Å². The third kappa shape index (κ3) is 8.05. The van der Waals surface area contributed by atoms with Crippen molar-refractivity contribution in [1.29, 1.82) is 0 Å². The van der Waals surface area contributed by atoms with E-state index in [1.165, 1.54) is 55.7 Å². The van der Waals surface area contributed by atoms with E-state index in [0.717, 1.165) is 12.3 Å². The number of hydrogen-bond acceptors (Lipinski definition) is 5. The van der Waals surface area contributed by atoms with Crippen molar-refractivity contribution in [2.75, 3.05) is 7.05 Å². The molecule has 1 aliphatic rings. The average Bonchev–Trinajstić information content (AvgIpc) is 2.74. The van der Waals surface area contributed by atoms with E-state index in [1.54, 1.807) is 20.2 Å². The van der Waals surface area contributed by atoms with Gasteiger partial charge in [0.2, 0.25) is 6.43 Å². The van der Waals surface area contributed by atoms with Crippen molar-refractivity contribution in [3.8, 4) is 0 Å². The van der Waals surface area contributed by atoms with Crippen LogP contribution in [0.3, 0.4) is 0 Å². The highest BCUT2D eigenvalue weighted by molar-refractivity contribution is 5.62. The second kappa shape index (κ2) is 12.5. The Morgan fingerprint density at radius 1 is 1.26 bits per heavy atom. The Labute approximate surface area is 185 Å². The minimum Gasteiger partial charge on any atom is -0.396 e. The van der Waals surface area contributed by atoms with Gasteiger partial charge in [-0.2, -0.15) is 0 Å². The third-order valence-electron chi connectivity index (χ3n) is 5.85. The van der Waals surface area contributed by atoms with Crippen molar-refractivity contribution in [3.05, 3.63) is 47.1 Å². The minimum atomic E-state index is -2.42. The first-order valence-corrected chi connectivity index (χ1v) is 11.2. The van der Waals surface area contributed by atoms with Crippen LogP contribution >= 0.6 is 0 Å². The molecule has 0 radical (unpaired) electrons. The number of halogens is 2. The van der Waals surface area contributed by atoms with E-state index in [9.17, 15) is 8.78 Å². The molecule has 1 unspecified atom stereocenters. The summed E-state index contributed by atoms with van der Waals surface area (Å²) in [5.74, 6) is 5.91. The lowest BCUT2D eigenvalue weighted by atomic mass is 9.85. The Balaban J connectivity index is 2.12. The number of allylic oxidation sites excluding steroid dienone is 3. The largest absolute Gasteiger partial charge is 0.396 e. The summed E-state index contributed by atoms with van der Waals surface area (Å²) in [4.78, 5) is 8.82. The van der Waals surface area contributed by atoms with Crippen LogP contribution in [-0.4, -0.2) is 29.7 Å². The summed E-state index contributed by atoms with van der Waals surface area (Å²) in [5, 5.41) is 1.47. The summed E-state index contributed by atoms with van der Waals surface area (Å²) < 4.78 is 25.8. The molecule has 31 heavy (non-hydrogen) atoms. The summed E-state index contributed by atoms with van der Waals surface area (Å²) in [6, 6.07) is 4.03. The number of nitrogens with zero attached hydrogens (tertiary/aromatic N) is 3. The first-order chi connectivity index (χ1) is 14.8. The van der Waals surface area contributed by atoms with E-state index < -0.39 is 12.3 Å². The van der Waals surface area contributed by atoms with Gasteiger partial charge < -0.3 is 10.7 Å². The first kappa shape index (κ1) is 25.0. The molecular weight excluding hydrogens is 396 g/mol. The van der Waals surface area contributed by atoms with Crippen molar-refractivity contribution in [1.82, 2.24) is 9.99 Å². The Bertz CT molecular complexity index is 763. The van der Waals surface area contributed by atoms with Gasteiger partial charge in [0.15, 0.2) is 0 Å². The highest BCUT2D eigenvalue weighted by atomic mass is 19.3. The van der Waals surface area contributed by atoms with E-state index in [1.807, 2.05) is 12.3 Å². The standard InChI is InChI=1S/C24H37F2N5/c1-4-29-20(14-17(2)24(25)26)11-13-22(31(3)28)23(27)21-12-10-19(16-30-21)15-18-8-6-5-7-9-18/h4,10,12,14,16-18,24H,5-9,11,13,15,27-28H2,1-3H3/b20-14-,23-22-,29-4?. The van der Waals surface area contributed by atoms with E-state index >= 15 is 0 Å². The van der Waals surface area contributed by atoms with Crippen molar-refractivity contribution in [2.24, 2.45) is 28.4 Å². The molecule has 4 N–H and O–H groups in total. The lowest BCUT2D eigenvalue weighted by Gasteiger charge is -2.22. The molecule has 1 aromatic heterocycles. The predicted octanol–water partition coefficient (Wildman–Crippen LogP) is 5.29. The molecule has 172 valence electrons. The highest BCUT2D eigenvalue weighted by Gasteiger charge is 2.16. The third-order valence-corrected chi connectivity index (χ3v) is 5.85. The quantitative estimate of drug-likeness (QED) is 0.298. The smallest absolute Gasteiger partial charge is 0.244 e. The minimum absolute atomic E-state index is 0.457. The fraction of sp³-hybridized carbons (Fsp3) is 0.583. The monoisotopic (exact) mass is 433 g/mol. The van der Waals surface area contributed by atoms with Gasteiger partial charge in [0, 0.05) is 31.1 Å². The van der Waals surface area contributed by atoms with Crippen LogP contribution in [0.1, 0.15) is 70.1 Å². The molecule has 2 rings (SSSR count). The second-order valence-electron chi connectivity index (χ2n) is 8.47. The number of aliphatic imine (C=N–C) groups is 1. The van der Waals surface area contributed by atoms with Crippen molar-refractivity contribution >= 4 is 11.9 Å². The molecule has 0 spiro atoms. The van der Waals surface area contributed by atoms with Crippen LogP contribution in [0.15, 0.2) is 40.8 Å². The molecule has 0 amide bonds. The molecule has 1 saturated carbocycles. The Kier molecular flexibility index (Phi) is 10.1. The number of hydrogen-bond donors (Lipinski definition) is 2. The number of rotatable bonds is 10. The van der Waals surface area contributed by atoms with Crippen LogP contribution in [0.5, 0.6) is 0 Å². The summed E-state index contributed by atoms with van der Waals surface area (Å²) in [6.45, 7) is 3.24. The topological polar surface area (TPSA) is 80.5 Å². The Morgan fingerprint density at radius 3 is 2.52 bits per heavy atom. The molecule has 0 aliphatic heterocycles. The Morgan fingerprint density at radius 2 is 1.97 bits per heavy atom. The van der Waals surface area contributed by atoms with Crippen molar-refractivity contribution in [2.45, 2.75) is 71.6 Å². The van der Waals surface area contributed by atoms with Gasteiger partial charge in [0.05, 0.1) is 17.1 Å². The number of nitrogens with two attached hydrogens (primary N) is 2. The molecule has 5 nitrogen and oxygen atoms in total. The summed E-state index contributed by atoms with van der Waals surface area (Å²) >= 11 is 0. The maximum absolute atomic E-state index is 12.9. The SMILES string of the molecule is CC=N/C(=C\C(C)C(F)F)CC/C(=C(/N)c1ccc(CC2CCCCC2)cn1)N(C)N. The zero-order chi connectivity index (χ0) is 22.8. The van der Waals surface area contributed by atoms with Gasteiger partial charge in [-0.25, -0.2) is 14.6 Å². The fourth-order valence-electron chi connectivity index (χ4n) is 4.06. The van der Waals surface area contributed by atoms with E-state index in [2.05, 4.69) is 16.0 Å². The molecule has 1 aliphatic carbocycles. The summed E-state index contributed by atoms with van der Waals surface area (Å²) in [5.41, 5.74) is 10.1. The van der Waals surface area contributed by atoms with E-state index in [0.29, 0.717) is 35.6 Å². The van der Waals surface area contributed by atoms with Gasteiger partial charge in [-0.05, 0) is 43.7 Å². The first-order valence-electron chi connectivity index (χ1n) is 11.2.